The van der Waals surface area contributed by atoms with Crippen LogP contribution in [0, 0.1) is 6.92 Å². The average molecular weight is 974 g/mol. The predicted octanol–water partition coefficient (Wildman–Crippen LogP) is 19.2. The third kappa shape index (κ3) is 8.86. The first-order chi connectivity index (χ1) is 37.6. The van der Waals surface area contributed by atoms with Gasteiger partial charge in [0.1, 0.15) is 0 Å². The van der Waals surface area contributed by atoms with Crippen LogP contribution in [0.25, 0.3) is 83.6 Å². The summed E-state index contributed by atoms with van der Waals surface area (Å²) in [4.78, 5) is 14.8. The van der Waals surface area contributed by atoms with Gasteiger partial charge >= 0.3 is 0 Å². The first-order valence-corrected chi connectivity index (χ1v) is 25.8. The number of rotatable bonds is 12. The second kappa shape index (κ2) is 20.1. The molecule has 0 atom stereocenters. The molecule has 0 aliphatic rings. The molecule has 76 heavy (non-hydrogen) atoms. The van der Waals surface area contributed by atoms with Crippen molar-refractivity contribution in [1.29, 1.82) is 0 Å². The van der Waals surface area contributed by atoms with E-state index >= 15 is 0 Å². The molecule has 0 aliphatic carbocycles. The van der Waals surface area contributed by atoms with Crippen LogP contribution in [0.2, 0.25) is 0 Å². The molecule has 0 bridgehead atoms. The van der Waals surface area contributed by atoms with Crippen LogP contribution >= 0.6 is 0 Å². The number of para-hydroxylation sites is 4. The van der Waals surface area contributed by atoms with Crippen LogP contribution in [0.1, 0.15) is 5.56 Å². The number of anilines is 6. The van der Waals surface area contributed by atoms with E-state index in [0.717, 1.165) is 107 Å². The van der Waals surface area contributed by atoms with Crippen LogP contribution < -0.4 is 9.80 Å². The van der Waals surface area contributed by atoms with Gasteiger partial charge in [-0.25, -0.2) is 9.97 Å². The van der Waals surface area contributed by atoms with E-state index in [4.69, 9.17) is 9.97 Å². The lowest BCUT2D eigenvalue weighted by atomic mass is 9.96. The molecule has 0 saturated carbocycles. The van der Waals surface area contributed by atoms with Gasteiger partial charge in [-0.05, 0) is 138 Å². The first-order valence-electron chi connectivity index (χ1n) is 25.8. The standard InChI is InChI=1S/C71H51N5/c1-50-46-56(38-43-64(50)68-49-67(54-20-8-2-9-21-54)72-71(73-68)55-22-10-3-11-23-55)53-34-32-51(33-35-53)52-36-39-61(40-37-52)76-69-44-41-62(74(57-24-12-4-13-25-57)58-26-14-5-15-27-58)47-65(69)66-48-63(42-45-70(66)76)75(59-28-16-6-17-29-59)60-30-18-7-19-31-60/h2-49H,1H3. The molecule has 360 valence electrons. The minimum Gasteiger partial charge on any atom is -0.310 e. The summed E-state index contributed by atoms with van der Waals surface area (Å²) in [7, 11) is 0. The second-order valence-electron chi connectivity index (χ2n) is 19.1. The van der Waals surface area contributed by atoms with Gasteiger partial charge in [0.15, 0.2) is 5.82 Å². The minimum atomic E-state index is 0.714. The Morgan fingerprint density at radius 1 is 0.289 bits per heavy atom. The van der Waals surface area contributed by atoms with Gasteiger partial charge in [-0.3, -0.25) is 0 Å². The normalized spacial score (nSPS) is 11.2. The van der Waals surface area contributed by atoms with Gasteiger partial charge in [0.25, 0.3) is 0 Å². The largest absolute Gasteiger partial charge is 0.310 e. The summed E-state index contributed by atoms with van der Waals surface area (Å²) in [6, 6.07) is 104. The Morgan fingerprint density at radius 2 is 0.671 bits per heavy atom. The third-order valence-electron chi connectivity index (χ3n) is 14.3. The van der Waals surface area contributed by atoms with E-state index < -0.39 is 0 Å². The van der Waals surface area contributed by atoms with Gasteiger partial charge in [-0.1, -0.05) is 188 Å². The molecule has 13 rings (SSSR count). The Hall–Kier alpha value is -10.1. The highest BCUT2D eigenvalue weighted by molar-refractivity contribution is 6.12. The van der Waals surface area contributed by atoms with Gasteiger partial charge in [0, 0.05) is 67.3 Å². The van der Waals surface area contributed by atoms with Crippen molar-refractivity contribution in [3.8, 4) is 61.8 Å². The van der Waals surface area contributed by atoms with E-state index in [1.165, 1.54) is 10.8 Å². The van der Waals surface area contributed by atoms with Gasteiger partial charge in [0.05, 0.1) is 22.4 Å². The molecule has 0 fully saturated rings. The summed E-state index contributed by atoms with van der Waals surface area (Å²) in [5.41, 5.74) is 20.7. The number of aryl methyl sites for hydroxylation is 1. The second-order valence-corrected chi connectivity index (χ2v) is 19.1. The molecule has 5 nitrogen and oxygen atoms in total. The van der Waals surface area contributed by atoms with Crippen LogP contribution in [0.3, 0.4) is 0 Å². The third-order valence-corrected chi connectivity index (χ3v) is 14.3. The lowest BCUT2D eigenvalue weighted by molar-refractivity contribution is 1.18. The molecule has 0 spiro atoms. The fourth-order valence-corrected chi connectivity index (χ4v) is 10.6. The Balaban J connectivity index is 0.852. The topological polar surface area (TPSA) is 37.2 Å². The molecule has 0 radical (unpaired) electrons. The van der Waals surface area contributed by atoms with Crippen molar-refractivity contribution in [2.75, 3.05) is 9.80 Å². The molecule has 2 aromatic heterocycles. The van der Waals surface area contributed by atoms with E-state index in [1.54, 1.807) is 0 Å². The summed E-state index contributed by atoms with van der Waals surface area (Å²) in [6.07, 6.45) is 0. The van der Waals surface area contributed by atoms with Gasteiger partial charge in [-0.2, -0.15) is 0 Å². The summed E-state index contributed by atoms with van der Waals surface area (Å²) in [5.74, 6) is 0.714. The zero-order chi connectivity index (χ0) is 50.8. The zero-order valence-corrected chi connectivity index (χ0v) is 41.9. The lowest BCUT2D eigenvalue weighted by Crippen LogP contribution is -2.09. The van der Waals surface area contributed by atoms with Crippen molar-refractivity contribution in [3.63, 3.8) is 0 Å². The fourth-order valence-electron chi connectivity index (χ4n) is 10.6. The monoisotopic (exact) mass is 973 g/mol. The molecule has 0 N–H and O–H groups in total. The minimum absolute atomic E-state index is 0.714. The number of fused-ring (bicyclic) bond motifs is 3. The number of hydrogen-bond donors (Lipinski definition) is 0. The quantitative estimate of drug-likeness (QED) is 0.122. The summed E-state index contributed by atoms with van der Waals surface area (Å²) >= 11 is 0. The van der Waals surface area contributed by atoms with Crippen LogP contribution in [0.5, 0.6) is 0 Å². The SMILES string of the molecule is Cc1cc(-c2ccc(-c3ccc(-n4c5ccc(N(c6ccccc6)c6ccccc6)cc5c5cc(N(c6ccccc6)c6ccccc6)ccc54)cc3)cc2)ccc1-c1cc(-c2ccccc2)nc(-c2ccccc2)n1. The van der Waals surface area contributed by atoms with E-state index in [-0.39, 0.29) is 0 Å². The Morgan fingerprint density at radius 3 is 1.12 bits per heavy atom. The highest BCUT2D eigenvalue weighted by atomic mass is 15.1. The molecule has 0 aliphatic heterocycles. The van der Waals surface area contributed by atoms with E-state index in [9.17, 15) is 0 Å². The number of hydrogen-bond acceptors (Lipinski definition) is 4. The highest BCUT2D eigenvalue weighted by Crippen LogP contribution is 2.43. The Labute approximate surface area is 443 Å². The molecule has 0 unspecified atom stereocenters. The molecular weight excluding hydrogens is 923 g/mol. The number of aromatic nitrogens is 3. The molecular formula is C71H51N5. The smallest absolute Gasteiger partial charge is 0.160 e. The van der Waals surface area contributed by atoms with Crippen molar-refractivity contribution >= 4 is 55.9 Å². The first kappa shape index (κ1) is 45.7. The maximum atomic E-state index is 5.10. The summed E-state index contributed by atoms with van der Waals surface area (Å²) < 4.78 is 2.41. The van der Waals surface area contributed by atoms with Gasteiger partial charge < -0.3 is 14.4 Å². The number of nitrogens with zero attached hydrogens (tertiary/aromatic N) is 5. The Bertz CT molecular complexity index is 3850. The van der Waals surface area contributed by atoms with Crippen molar-refractivity contribution in [3.05, 3.63) is 297 Å². The maximum absolute atomic E-state index is 5.10. The van der Waals surface area contributed by atoms with E-state index in [1.807, 2.05) is 24.3 Å². The summed E-state index contributed by atoms with van der Waals surface area (Å²) in [6.45, 7) is 2.17. The maximum Gasteiger partial charge on any atom is 0.160 e. The molecule has 5 heteroatoms. The van der Waals surface area contributed by atoms with E-state index in [2.05, 4.69) is 288 Å². The van der Waals surface area contributed by atoms with Gasteiger partial charge in [0.2, 0.25) is 0 Å². The zero-order valence-electron chi connectivity index (χ0n) is 41.9. The summed E-state index contributed by atoms with van der Waals surface area (Å²) in [5, 5.41) is 2.34. The highest BCUT2D eigenvalue weighted by Gasteiger charge is 2.21. The van der Waals surface area contributed by atoms with Crippen LogP contribution in [0.4, 0.5) is 34.1 Å². The van der Waals surface area contributed by atoms with Crippen molar-refractivity contribution in [1.82, 2.24) is 14.5 Å². The van der Waals surface area contributed by atoms with Crippen molar-refractivity contribution in [2.45, 2.75) is 6.92 Å². The van der Waals surface area contributed by atoms with Gasteiger partial charge in [-0.15, -0.1) is 0 Å². The molecule has 0 saturated heterocycles. The van der Waals surface area contributed by atoms with Crippen LogP contribution in [0.15, 0.2) is 291 Å². The average Bonchev–Trinajstić information content (AvgIpc) is 3.82. The van der Waals surface area contributed by atoms with Crippen LogP contribution in [-0.4, -0.2) is 14.5 Å². The Kier molecular flexibility index (Phi) is 12.1. The molecule has 11 aromatic carbocycles. The fraction of sp³-hybridized carbons (Fsp3) is 0.0141. The number of benzene rings is 11. The van der Waals surface area contributed by atoms with Crippen molar-refractivity contribution < 1.29 is 0 Å². The molecule has 0 amide bonds. The van der Waals surface area contributed by atoms with E-state index in [0.29, 0.717) is 5.82 Å². The van der Waals surface area contributed by atoms with Crippen molar-refractivity contribution in [2.24, 2.45) is 0 Å². The molecule has 13 aromatic rings. The lowest BCUT2D eigenvalue weighted by Gasteiger charge is -2.26. The molecule has 2 heterocycles. The van der Waals surface area contributed by atoms with Crippen LogP contribution in [-0.2, 0) is 0 Å². The predicted molar refractivity (Wildman–Crippen MR) is 318 cm³/mol.